The molecule has 5 aromatic rings. The van der Waals surface area contributed by atoms with Crippen LogP contribution in [0.1, 0.15) is 32.2 Å². The molecule has 0 radical (unpaired) electrons. The minimum atomic E-state index is -0.417. The topological polar surface area (TPSA) is 88.0 Å². The van der Waals surface area contributed by atoms with Crippen molar-refractivity contribution in [1.29, 1.82) is 0 Å². The third-order valence-electron chi connectivity index (χ3n) is 6.69. The van der Waals surface area contributed by atoms with Gasteiger partial charge in [-0.1, -0.05) is 6.07 Å². The van der Waals surface area contributed by atoms with Crippen molar-refractivity contribution >= 4 is 22.3 Å². The Kier molecular flexibility index (Phi) is 4.72. The average Bonchev–Trinajstić information content (AvgIpc) is 3.38. The van der Waals surface area contributed by atoms with Crippen LogP contribution in [0.3, 0.4) is 0 Å². The Labute approximate surface area is 193 Å². The number of benzene rings is 2. The number of aromatic nitrogens is 5. The van der Waals surface area contributed by atoms with E-state index in [9.17, 15) is 4.79 Å². The van der Waals surface area contributed by atoms with E-state index in [-0.39, 0.29) is 6.04 Å². The van der Waals surface area contributed by atoms with Crippen LogP contribution in [0.2, 0.25) is 0 Å². The molecule has 0 unspecified atom stereocenters. The van der Waals surface area contributed by atoms with Gasteiger partial charge in [-0.3, -0.25) is 4.57 Å². The number of methoxy groups -OCH3 is 1. The van der Waals surface area contributed by atoms with Crippen LogP contribution in [0.25, 0.3) is 44.5 Å². The lowest BCUT2D eigenvalue weighted by molar-refractivity contribution is 0.299. The van der Waals surface area contributed by atoms with Crippen molar-refractivity contribution in [3.05, 3.63) is 59.2 Å². The average molecular weight is 459 g/mol. The van der Waals surface area contributed by atoms with Crippen LogP contribution in [0, 0.1) is 5.82 Å². The van der Waals surface area contributed by atoms with Gasteiger partial charge in [-0.2, -0.15) is 5.10 Å². The number of nitrogens with zero attached hydrogens (tertiary/aromatic N) is 5. The van der Waals surface area contributed by atoms with E-state index in [1.54, 1.807) is 41.4 Å². The number of imidazole rings is 1. The van der Waals surface area contributed by atoms with Gasteiger partial charge in [0.05, 0.1) is 25.2 Å². The number of ether oxygens (including phenoxy) is 1. The molecule has 3 heterocycles. The van der Waals surface area contributed by atoms with E-state index < -0.39 is 11.6 Å². The second-order valence-corrected chi connectivity index (χ2v) is 8.50. The van der Waals surface area contributed by atoms with Crippen LogP contribution in [0.15, 0.2) is 52.1 Å². The highest BCUT2D eigenvalue weighted by Gasteiger charge is 2.26. The second kappa shape index (κ2) is 7.79. The van der Waals surface area contributed by atoms with Gasteiger partial charge < -0.3 is 13.7 Å². The van der Waals surface area contributed by atoms with Crippen molar-refractivity contribution in [3.8, 4) is 28.0 Å². The summed E-state index contributed by atoms with van der Waals surface area (Å²) in [5, 5.41) is 8.34. The van der Waals surface area contributed by atoms with Crippen LogP contribution < -0.4 is 10.5 Å². The number of halogens is 1. The Hall–Kier alpha value is -4.01. The molecule has 2 aromatic carbocycles. The number of oxazole rings is 1. The highest BCUT2D eigenvalue weighted by atomic mass is 19.1. The summed E-state index contributed by atoms with van der Waals surface area (Å²) in [4.78, 5) is 17.0. The van der Waals surface area contributed by atoms with Gasteiger partial charge in [0.25, 0.3) is 0 Å². The van der Waals surface area contributed by atoms with Gasteiger partial charge in [0.1, 0.15) is 17.1 Å². The van der Waals surface area contributed by atoms with E-state index in [2.05, 4.69) is 15.2 Å². The van der Waals surface area contributed by atoms with E-state index >= 15 is 4.39 Å². The molecule has 172 valence electrons. The zero-order valence-corrected chi connectivity index (χ0v) is 18.8. The fraction of sp³-hybridized carbons (Fsp3) is 0.280. The monoisotopic (exact) mass is 459 g/mol. The highest BCUT2D eigenvalue weighted by molar-refractivity contribution is 5.92. The molecule has 1 aliphatic rings. The molecular formula is C25H22FN5O3. The van der Waals surface area contributed by atoms with Crippen molar-refractivity contribution in [2.24, 2.45) is 0 Å². The summed E-state index contributed by atoms with van der Waals surface area (Å²) in [6, 6.07) is 8.41. The molecule has 1 saturated carbocycles. The minimum Gasteiger partial charge on any atom is -0.496 e. The molecule has 1 aliphatic carbocycles. The molecule has 8 nitrogen and oxygen atoms in total. The molecule has 3 aromatic heterocycles. The molecule has 0 N–H and O–H groups in total. The van der Waals surface area contributed by atoms with Gasteiger partial charge >= 0.3 is 5.76 Å². The Balaban J connectivity index is 1.53. The van der Waals surface area contributed by atoms with Gasteiger partial charge in [0.15, 0.2) is 11.2 Å². The van der Waals surface area contributed by atoms with Crippen molar-refractivity contribution < 1.29 is 13.5 Å². The summed E-state index contributed by atoms with van der Waals surface area (Å²) < 4.78 is 29.9. The predicted octanol–water partition coefficient (Wildman–Crippen LogP) is 4.96. The lowest BCUT2D eigenvalue weighted by atomic mass is 9.92. The molecule has 9 heteroatoms. The summed E-state index contributed by atoms with van der Waals surface area (Å²) in [5.74, 6) is -0.352. The smallest absolute Gasteiger partial charge is 0.420 e. The number of fused-ring (bicyclic) bond motifs is 2. The lowest BCUT2D eigenvalue weighted by Crippen LogP contribution is -2.25. The van der Waals surface area contributed by atoms with E-state index in [0.29, 0.717) is 45.7 Å². The maximum Gasteiger partial charge on any atom is 0.420 e. The summed E-state index contributed by atoms with van der Waals surface area (Å²) in [6.07, 6.45) is 6.32. The van der Waals surface area contributed by atoms with Gasteiger partial charge in [0.2, 0.25) is 0 Å². The quantitative estimate of drug-likeness (QED) is 0.369. The molecular weight excluding hydrogens is 437 g/mol. The Bertz CT molecular complexity index is 1610. The van der Waals surface area contributed by atoms with Crippen molar-refractivity contribution in [3.63, 3.8) is 0 Å². The first-order valence-corrected chi connectivity index (χ1v) is 11.3. The molecule has 0 amide bonds. The summed E-state index contributed by atoms with van der Waals surface area (Å²) in [5.41, 5.74) is 4.76. The Morgan fingerprint density at radius 2 is 2.03 bits per heavy atom. The SMILES string of the molecule is CCn1cnc2c(-c3ccc(F)c(-c4cc5oc(=O)n(C6CCC6)c5cc4OC)c3)cnnc21. The standard InChI is InChI=1S/C25H22FN5O3/c1-3-30-13-27-23-18(12-28-29-24(23)30)14-7-8-19(26)16(9-14)17-10-22-20(11-21(17)33-2)31(25(32)34-22)15-5-4-6-15/h7-13,15H,3-6H2,1-2H3. The summed E-state index contributed by atoms with van der Waals surface area (Å²) >= 11 is 0. The van der Waals surface area contributed by atoms with Crippen molar-refractivity contribution in [2.75, 3.05) is 7.11 Å². The lowest BCUT2D eigenvalue weighted by Gasteiger charge is -2.26. The van der Waals surface area contributed by atoms with E-state index in [0.717, 1.165) is 30.4 Å². The van der Waals surface area contributed by atoms with Crippen LogP contribution in [0.4, 0.5) is 4.39 Å². The van der Waals surface area contributed by atoms with Crippen LogP contribution >= 0.6 is 0 Å². The first kappa shape index (κ1) is 20.6. The zero-order chi connectivity index (χ0) is 23.4. The molecule has 1 fully saturated rings. The second-order valence-electron chi connectivity index (χ2n) is 8.50. The van der Waals surface area contributed by atoms with E-state index in [4.69, 9.17) is 9.15 Å². The summed E-state index contributed by atoms with van der Waals surface area (Å²) in [6.45, 7) is 2.72. The third-order valence-corrected chi connectivity index (χ3v) is 6.69. The summed E-state index contributed by atoms with van der Waals surface area (Å²) in [7, 11) is 1.53. The van der Waals surface area contributed by atoms with Crippen molar-refractivity contribution in [2.45, 2.75) is 38.8 Å². The number of aryl methyl sites for hydroxylation is 1. The Morgan fingerprint density at radius 3 is 2.76 bits per heavy atom. The highest BCUT2D eigenvalue weighted by Crippen LogP contribution is 2.40. The van der Waals surface area contributed by atoms with E-state index in [1.165, 1.54) is 13.2 Å². The molecule has 0 atom stereocenters. The largest absolute Gasteiger partial charge is 0.496 e. The van der Waals surface area contributed by atoms with Gasteiger partial charge in [-0.05, 0) is 49.9 Å². The third kappa shape index (κ3) is 3.03. The fourth-order valence-electron chi connectivity index (χ4n) is 4.65. The first-order valence-electron chi connectivity index (χ1n) is 11.3. The van der Waals surface area contributed by atoms with Gasteiger partial charge in [0, 0.05) is 35.3 Å². The van der Waals surface area contributed by atoms with Crippen LogP contribution in [-0.4, -0.2) is 31.4 Å². The van der Waals surface area contributed by atoms with Crippen LogP contribution in [-0.2, 0) is 6.54 Å². The zero-order valence-electron chi connectivity index (χ0n) is 18.8. The maximum absolute atomic E-state index is 15.1. The van der Waals surface area contributed by atoms with Crippen molar-refractivity contribution in [1.82, 2.24) is 24.3 Å². The predicted molar refractivity (Wildman–Crippen MR) is 125 cm³/mol. The fourth-order valence-corrected chi connectivity index (χ4v) is 4.65. The molecule has 0 saturated heterocycles. The Morgan fingerprint density at radius 1 is 1.18 bits per heavy atom. The molecule has 0 bridgehead atoms. The molecule has 0 aliphatic heterocycles. The van der Waals surface area contributed by atoms with Gasteiger partial charge in [-0.15, -0.1) is 5.10 Å². The normalized spacial score (nSPS) is 14.1. The first-order chi connectivity index (χ1) is 16.6. The number of hydrogen-bond donors (Lipinski definition) is 0. The van der Waals surface area contributed by atoms with Gasteiger partial charge in [-0.25, -0.2) is 14.2 Å². The molecule has 34 heavy (non-hydrogen) atoms. The number of rotatable bonds is 5. The molecule has 0 spiro atoms. The van der Waals surface area contributed by atoms with E-state index in [1.807, 2.05) is 11.5 Å². The molecule has 6 rings (SSSR count). The number of hydrogen-bond acceptors (Lipinski definition) is 6. The minimum absolute atomic E-state index is 0.133. The maximum atomic E-state index is 15.1. The van der Waals surface area contributed by atoms with Crippen LogP contribution in [0.5, 0.6) is 5.75 Å².